The minimum Gasteiger partial charge on any atom is -0.381 e. The van der Waals surface area contributed by atoms with Gasteiger partial charge in [-0.3, -0.25) is 4.79 Å². The molecule has 1 fully saturated rings. The Morgan fingerprint density at radius 3 is 2.86 bits per heavy atom. The third-order valence-electron chi connectivity index (χ3n) is 2.49. The summed E-state index contributed by atoms with van der Waals surface area (Å²) in [5.41, 5.74) is 0. The highest BCUT2D eigenvalue weighted by molar-refractivity contribution is 5.77. The van der Waals surface area contributed by atoms with Gasteiger partial charge >= 0.3 is 0 Å². The maximum absolute atomic E-state index is 11.0. The second kappa shape index (κ2) is 6.79. The first-order chi connectivity index (χ1) is 6.83. The Morgan fingerprint density at radius 2 is 2.21 bits per heavy atom. The van der Waals surface area contributed by atoms with Crippen molar-refractivity contribution in [2.24, 2.45) is 5.92 Å². The Hall–Kier alpha value is -0.610. The van der Waals surface area contributed by atoms with Gasteiger partial charge in [0.05, 0.1) is 0 Å². The van der Waals surface area contributed by atoms with Gasteiger partial charge < -0.3 is 14.8 Å². The third kappa shape index (κ3) is 4.58. The zero-order valence-corrected chi connectivity index (χ0v) is 8.75. The Morgan fingerprint density at radius 1 is 1.50 bits per heavy atom. The van der Waals surface area contributed by atoms with E-state index in [9.17, 15) is 4.79 Å². The van der Waals surface area contributed by atoms with Crippen LogP contribution in [0.4, 0.5) is 0 Å². The summed E-state index contributed by atoms with van der Waals surface area (Å²) in [4.78, 5) is 11.0. The highest BCUT2D eigenvalue weighted by Gasteiger charge is 2.13. The molecule has 1 aliphatic heterocycles. The van der Waals surface area contributed by atoms with Crippen molar-refractivity contribution in [1.82, 2.24) is 5.32 Å². The summed E-state index contributed by atoms with van der Waals surface area (Å²) < 4.78 is 9.97. The van der Waals surface area contributed by atoms with Crippen LogP contribution in [0.2, 0.25) is 0 Å². The zero-order valence-electron chi connectivity index (χ0n) is 8.75. The summed E-state index contributed by atoms with van der Waals surface area (Å²) in [6.45, 7) is 2.66. The summed E-state index contributed by atoms with van der Waals surface area (Å²) in [6, 6.07) is 0. The highest BCUT2D eigenvalue weighted by Crippen LogP contribution is 2.17. The van der Waals surface area contributed by atoms with E-state index in [0.717, 1.165) is 39.0 Å². The highest BCUT2D eigenvalue weighted by atomic mass is 16.5. The predicted octanol–water partition coefficient (Wildman–Crippen LogP) is 0.566. The van der Waals surface area contributed by atoms with Gasteiger partial charge in [0.15, 0.2) is 0 Å². The molecule has 0 atom stereocenters. The lowest BCUT2D eigenvalue weighted by molar-refractivity contribution is -0.124. The van der Waals surface area contributed by atoms with Gasteiger partial charge in [0.1, 0.15) is 6.61 Å². The van der Waals surface area contributed by atoms with Crippen LogP contribution in [0.5, 0.6) is 0 Å². The molecule has 0 spiro atoms. The quantitative estimate of drug-likeness (QED) is 0.707. The number of carbonyl (C=O) groups excluding carboxylic acids is 1. The van der Waals surface area contributed by atoms with Crippen LogP contribution in [0.25, 0.3) is 0 Å². The van der Waals surface area contributed by atoms with Crippen LogP contribution in [0, 0.1) is 5.92 Å². The monoisotopic (exact) mass is 201 g/mol. The standard InChI is InChI=1S/C10H19NO3/c1-13-8-10(12)11-5-2-9-3-6-14-7-4-9/h9H,2-8H2,1H3,(H,11,12). The smallest absolute Gasteiger partial charge is 0.245 e. The number of methoxy groups -OCH3 is 1. The molecule has 1 heterocycles. The van der Waals surface area contributed by atoms with Crippen LogP contribution < -0.4 is 5.32 Å². The minimum atomic E-state index is -0.0282. The minimum absolute atomic E-state index is 0.0282. The van der Waals surface area contributed by atoms with Crippen LogP contribution in [0.15, 0.2) is 0 Å². The number of amides is 1. The van der Waals surface area contributed by atoms with Gasteiger partial charge in [0.25, 0.3) is 0 Å². The fraction of sp³-hybridized carbons (Fsp3) is 0.900. The van der Waals surface area contributed by atoms with E-state index in [-0.39, 0.29) is 12.5 Å². The molecule has 1 N–H and O–H groups in total. The molecule has 1 saturated heterocycles. The van der Waals surface area contributed by atoms with Crippen molar-refractivity contribution in [3.8, 4) is 0 Å². The molecule has 0 aliphatic carbocycles. The molecule has 0 unspecified atom stereocenters. The second-order valence-electron chi connectivity index (χ2n) is 3.63. The van der Waals surface area contributed by atoms with Gasteiger partial charge in [-0.2, -0.15) is 0 Å². The Kier molecular flexibility index (Phi) is 5.56. The number of hydrogen-bond donors (Lipinski definition) is 1. The van der Waals surface area contributed by atoms with Crippen molar-refractivity contribution in [3.05, 3.63) is 0 Å². The number of ether oxygens (including phenoxy) is 2. The van der Waals surface area contributed by atoms with Gasteiger partial charge in [-0.05, 0) is 25.2 Å². The number of carbonyl (C=O) groups is 1. The van der Waals surface area contributed by atoms with E-state index in [2.05, 4.69) is 5.32 Å². The van der Waals surface area contributed by atoms with Crippen molar-refractivity contribution in [2.75, 3.05) is 33.5 Å². The van der Waals surface area contributed by atoms with Crippen LogP contribution in [0.3, 0.4) is 0 Å². The normalized spacial score (nSPS) is 18.1. The Bertz CT molecular complexity index is 167. The van der Waals surface area contributed by atoms with Crippen LogP contribution in [0.1, 0.15) is 19.3 Å². The third-order valence-corrected chi connectivity index (χ3v) is 2.49. The summed E-state index contributed by atoms with van der Waals surface area (Å²) in [5, 5.41) is 2.83. The summed E-state index contributed by atoms with van der Waals surface area (Å²) in [7, 11) is 1.53. The van der Waals surface area contributed by atoms with E-state index >= 15 is 0 Å². The van der Waals surface area contributed by atoms with Gasteiger partial charge in [-0.1, -0.05) is 0 Å². The predicted molar refractivity (Wildman–Crippen MR) is 53.0 cm³/mol. The number of hydrogen-bond acceptors (Lipinski definition) is 3. The van der Waals surface area contributed by atoms with Gasteiger partial charge in [-0.15, -0.1) is 0 Å². The lowest BCUT2D eigenvalue weighted by atomic mass is 9.97. The van der Waals surface area contributed by atoms with E-state index in [1.165, 1.54) is 7.11 Å². The van der Waals surface area contributed by atoms with Crippen molar-refractivity contribution < 1.29 is 14.3 Å². The van der Waals surface area contributed by atoms with E-state index in [4.69, 9.17) is 9.47 Å². The molecule has 4 nitrogen and oxygen atoms in total. The molecule has 0 aromatic rings. The van der Waals surface area contributed by atoms with Crippen LogP contribution in [-0.4, -0.2) is 39.4 Å². The van der Waals surface area contributed by atoms with E-state index < -0.39 is 0 Å². The lowest BCUT2D eigenvalue weighted by Gasteiger charge is -2.21. The molecule has 1 rings (SSSR count). The summed E-state index contributed by atoms with van der Waals surface area (Å²) in [6.07, 6.45) is 3.30. The second-order valence-corrected chi connectivity index (χ2v) is 3.63. The van der Waals surface area contributed by atoms with E-state index in [0.29, 0.717) is 5.92 Å². The van der Waals surface area contributed by atoms with Crippen molar-refractivity contribution in [3.63, 3.8) is 0 Å². The van der Waals surface area contributed by atoms with Crippen molar-refractivity contribution >= 4 is 5.91 Å². The molecular formula is C10H19NO3. The Balaban J connectivity index is 1.99. The first-order valence-corrected chi connectivity index (χ1v) is 5.16. The van der Waals surface area contributed by atoms with E-state index in [1.54, 1.807) is 0 Å². The molecule has 4 heteroatoms. The molecule has 1 amide bonds. The topological polar surface area (TPSA) is 47.6 Å². The van der Waals surface area contributed by atoms with Gasteiger partial charge in [-0.25, -0.2) is 0 Å². The molecule has 0 aromatic heterocycles. The molecule has 1 aliphatic rings. The maximum Gasteiger partial charge on any atom is 0.245 e. The van der Waals surface area contributed by atoms with Gasteiger partial charge in [0.2, 0.25) is 5.91 Å². The molecule has 0 aromatic carbocycles. The molecule has 82 valence electrons. The molecule has 0 bridgehead atoms. The molecule has 0 radical (unpaired) electrons. The van der Waals surface area contributed by atoms with Crippen molar-refractivity contribution in [1.29, 1.82) is 0 Å². The summed E-state index contributed by atoms with van der Waals surface area (Å²) in [5.74, 6) is 0.686. The largest absolute Gasteiger partial charge is 0.381 e. The first kappa shape index (κ1) is 11.5. The van der Waals surface area contributed by atoms with Gasteiger partial charge in [0, 0.05) is 26.9 Å². The molecule has 14 heavy (non-hydrogen) atoms. The molecular weight excluding hydrogens is 182 g/mol. The fourth-order valence-electron chi connectivity index (χ4n) is 1.63. The van der Waals surface area contributed by atoms with Crippen molar-refractivity contribution in [2.45, 2.75) is 19.3 Å². The van der Waals surface area contributed by atoms with Crippen LogP contribution in [-0.2, 0) is 14.3 Å². The maximum atomic E-state index is 11.0. The fourth-order valence-corrected chi connectivity index (χ4v) is 1.63. The van der Waals surface area contributed by atoms with Crippen LogP contribution >= 0.6 is 0 Å². The lowest BCUT2D eigenvalue weighted by Crippen LogP contribution is -2.30. The number of nitrogens with one attached hydrogen (secondary N) is 1. The average molecular weight is 201 g/mol. The molecule has 0 saturated carbocycles. The SMILES string of the molecule is COCC(=O)NCCC1CCOCC1. The zero-order chi connectivity index (χ0) is 10.2. The first-order valence-electron chi connectivity index (χ1n) is 5.16. The number of rotatable bonds is 5. The van der Waals surface area contributed by atoms with E-state index in [1.807, 2.05) is 0 Å². The summed E-state index contributed by atoms with van der Waals surface area (Å²) >= 11 is 0. The average Bonchev–Trinajstić information content (AvgIpc) is 2.20. The Labute approximate surface area is 85.0 Å².